The zero-order valence-corrected chi connectivity index (χ0v) is 13.4. The van der Waals surface area contributed by atoms with Crippen LogP contribution in [0.4, 0.5) is 4.39 Å². The molecule has 126 valence electrons. The van der Waals surface area contributed by atoms with Crippen LogP contribution in [0.25, 0.3) is 0 Å². The Kier molecular flexibility index (Phi) is 4.49. The van der Waals surface area contributed by atoms with Crippen molar-refractivity contribution in [2.24, 2.45) is 0 Å². The Morgan fingerprint density at radius 3 is 2.71 bits per heavy atom. The summed E-state index contributed by atoms with van der Waals surface area (Å²) < 4.78 is 14.5. The van der Waals surface area contributed by atoms with Crippen molar-refractivity contribution in [3.63, 3.8) is 0 Å². The number of benzene rings is 1. The number of aryl methyl sites for hydroxylation is 1. The van der Waals surface area contributed by atoms with E-state index in [9.17, 15) is 19.1 Å². The van der Waals surface area contributed by atoms with E-state index < -0.39 is 6.10 Å². The van der Waals surface area contributed by atoms with Gasteiger partial charge in [-0.05, 0) is 37.1 Å². The monoisotopic (exact) mass is 330 g/mol. The Morgan fingerprint density at radius 1 is 1.29 bits per heavy atom. The summed E-state index contributed by atoms with van der Waals surface area (Å²) in [6, 6.07) is 9.04. The number of hydrogen-bond donors (Lipinski definition) is 1. The molecule has 24 heavy (non-hydrogen) atoms. The summed E-state index contributed by atoms with van der Waals surface area (Å²) in [4.78, 5) is 26.3. The Balaban J connectivity index is 1.83. The average Bonchev–Trinajstić information content (AvgIpc) is 2.94. The van der Waals surface area contributed by atoms with Crippen LogP contribution in [0.2, 0.25) is 0 Å². The maximum Gasteiger partial charge on any atom is 0.253 e. The van der Waals surface area contributed by atoms with Crippen LogP contribution in [0.3, 0.4) is 0 Å². The van der Waals surface area contributed by atoms with Crippen molar-refractivity contribution in [1.29, 1.82) is 0 Å². The van der Waals surface area contributed by atoms with Gasteiger partial charge in [0, 0.05) is 18.3 Å². The predicted molar refractivity (Wildman–Crippen MR) is 86.9 cm³/mol. The highest BCUT2D eigenvalue weighted by atomic mass is 19.1. The quantitative estimate of drug-likeness (QED) is 0.930. The number of rotatable bonds is 3. The molecule has 0 radical (unpaired) electrons. The molecule has 1 aromatic heterocycles. The lowest BCUT2D eigenvalue weighted by Gasteiger charge is -2.25. The third kappa shape index (κ3) is 3.23. The number of aliphatic hydroxyl groups excluding tert-OH is 1. The molecule has 2 atom stereocenters. The average molecular weight is 330 g/mol. The molecule has 2 unspecified atom stereocenters. The third-order valence-corrected chi connectivity index (χ3v) is 4.37. The molecule has 2 aromatic rings. The maximum absolute atomic E-state index is 13.1. The Hall–Kier alpha value is -2.47. The minimum Gasteiger partial charge on any atom is -0.391 e. The van der Waals surface area contributed by atoms with Gasteiger partial charge in [-0.3, -0.25) is 9.59 Å². The summed E-state index contributed by atoms with van der Waals surface area (Å²) in [5.41, 5.74) is 1.14. The summed E-state index contributed by atoms with van der Waals surface area (Å²) in [6.07, 6.45) is 1.35. The number of aromatic nitrogens is 1. The molecule has 6 heteroatoms. The van der Waals surface area contributed by atoms with Crippen LogP contribution >= 0.6 is 0 Å². The van der Waals surface area contributed by atoms with E-state index in [1.165, 1.54) is 16.7 Å². The molecule has 5 nitrogen and oxygen atoms in total. The van der Waals surface area contributed by atoms with Gasteiger partial charge in [0.1, 0.15) is 12.4 Å². The van der Waals surface area contributed by atoms with Gasteiger partial charge in [0.05, 0.1) is 12.1 Å². The van der Waals surface area contributed by atoms with E-state index in [1.54, 1.807) is 42.3 Å². The summed E-state index contributed by atoms with van der Waals surface area (Å²) in [6.45, 7) is 1.83. The fourth-order valence-electron chi connectivity index (χ4n) is 3.11. The number of halogens is 1. The molecule has 1 saturated heterocycles. The standard InChI is InChI=1S/C18H19FN2O3/c1-12-3-2-8-20(18(12)24)11-17(23)21-10-15(22)9-16(21)13-4-6-14(19)7-5-13/h2-8,15-16,22H,9-11H2,1H3. The van der Waals surface area contributed by atoms with Crippen LogP contribution in [0.1, 0.15) is 23.6 Å². The molecule has 0 bridgehead atoms. The molecule has 1 amide bonds. The van der Waals surface area contributed by atoms with E-state index in [2.05, 4.69) is 0 Å². The third-order valence-electron chi connectivity index (χ3n) is 4.37. The molecule has 1 fully saturated rings. The maximum atomic E-state index is 13.1. The second-order valence-corrected chi connectivity index (χ2v) is 6.13. The highest BCUT2D eigenvalue weighted by molar-refractivity contribution is 5.77. The normalized spacial score (nSPS) is 20.4. The number of pyridine rings is 1. The number of nitrogens with zero attached hydrogens (tertiary/aromatic N) is 2. The van der Waals surface area contributed by atoms with E-state index >= 15 is 0 Å². The summed E-state index contributed by atoms with van der Waals surface area (Å²) in [5, 5.41) is 9.96. The van der Waals surface area contributed by atoms with Crippen molar-refractivity contribution in [1.82, 2.24) is 9.47 Å². The molecule has 2 heterocycles. The molecule has 1 aliphatic rings. The minimum absolute atomic E-state index is 0.0784. The van der Waals surface area contributed by atoms with E-state index in [1.807, 2.05) is 0 Å². The second-order valence-electron chi connectivity index (χ2n) is 6.13. The van der Waals surface area contributed by atoms with E-state index in [-0.39, 0.29) is 36.4 Å². The molecule has 3 rings (SSSR count). The SMILES string of the molecule is Cc1cccn(CC(=O)N2CC(O)CC2c2ccc(F)cc2)c1=O. The van der Waals surface area contributed by atoms with Gasteiger partial charge in [-0.1, -0.05) is 18.2 Å². The molecule has 0 saturated carbocycles. The van der Waals surface area contributed by atoms with Crippen LogP contribution in [0, 0.1) is 12.7 Å². The molecule has 1 N–H and O–H groups in total. The predicted octanol–water partition coefficient (Wildman–Crippen LogP) is 1.63. The number of aliphatic hydroxyl groups is 1. The van der Waals surface area contributed by atoms with Crippen molar-refractivity contribution >= 4 is 5.91 Å². The molecule has 1 aromatic carbocycles. The van der Waals surface area contributed by atoms with Crippen molar-refractivity contribution in [3.8, 4) is 0 Å². The van der Waals surface area contributed by atoms with Crippen molar-refractivity contribution < 1.29 is 14.3 Å². The van der Waals surface area contributed by atoms with Crippen LogP contribution < -0.4 is 5.56 Å². The second kappa shape index (κ2) is 6.57. The number of likely N-dealkylation sites (tertiary alicyclic amines) is 1. The Labute approximate surface area is 139 Å². The van der Waals surface area contributed by atoms with Crippen LogP contribution in [-0.4, -0.2) is 33.1 Å². The van der Waals surface area contributed by atoms with Gasteiger partial charge < -0.3 is 14.6 Å². The fraction of sp³-hybridized carbons (Fsp3) is 0.333. The first-order valence-corrected chi connectivity index (χ1v) is 7.85. The first-order chi connectivity index (χ1) is 11.5. The largest absolute Gasteiger partial charge is 0.391 e. The van der Waals surface area contributed by atoms with Crippen LogP contribution in [0.15, 0.2) is 47.4 Å². The van der Waals surface area contributed by atoms with E-state index in [0.717, 1.165) is 5.56 Å². The van der Waals surface area contributed by atoms with Crippen LogP contribution in [0.5, 0.6) is 0 Å². The lowest BCUT2D eigenvalue weighted by atomic mass is 10.0. The van der Waals surface area contributed by atoms with E-state index in [4.69, 9.17) is 0 Å². The summed E-state index contributed by atoms with van der Waals surface area (Å²) in [7, 11) is 0. The molecule has 0 spiro atoms. The fourth-order valence-corrected chi connectivity index (χ4v) is 3.11. The van der Waals surface area contributed by atoms with Gasteiger partial charge in [0.25, 0.3) is 5.56 Å². The Bertz CT molecular complexity index is 801. The number of amides is 1. The van der Waals surface area contributed by atoms with Gasteiger partial charge in [-0.25, -0.2) is 4.39 Å². The van der Waals surface area contributed by atoms with Crippen LogP contribution in [-0.2, 0) is 11.3 Å². The molecule has 1 aliphatic heterocycles. The number of carbonyl (C=O) groups is 1. The smallest absolute Gasteiger partial charge is 0.253 e. The van der Waals surface area contributed by atoms with Crippen molar-refractivity contribution in [2.45, 2.75) is 32.0 Å². The number of carbonyl (C=O) groups excluding carboxylic acids is 1. The van der Waals surface area contributed by atoms with Crippen molar-refractivity contribution in [2.75, 3.05) is 6.54 Å². The molecular formula is C18H19FN2O3. The van der Waals surface area contributed by atoms with Gasteiger partial charge >= 0.3 is 0 Å². The zero-order chi connectivity index (χ0) is 17.3. The summed E-state index contributed by atoms with van der Waals surface area (Å²) in [5.74, 6) is -0.588. The van der Waals surface area contributed by atoms with Crippen molar-refractivity contribution in [3.05, 3.63) is 69.9 Å². The van der Waals surface area contributed by atoms with Gasteiger partial charge in [-0.2, -0.15) is 0 Å². The molecular weight excluding hydrogens is 311 g/mol. The zero-order valence-electron chi connectivity index (χ0n) is 13.4. The highest BCUT2D eigenvalue weighted by Gasteiger charge is 2.35. The topological polar surface area (TPSA) is 62.5 Å². The lowest BCUT2D eigenvalue weighted by Crippen LogP contribution is -2.37. The Morgan fingerprint density at radius 2 is 2.00 bits per heavy atom. The minimum atomic E-state index is -0.627. The molecule has 0 aliphatic carbocycles. The van der Waals surface area contributed by atoms with Gasteiger partial charge in [-0.15, -0.1) is 0 Å². The highest BCUT2D eigenvalue weighted by Crippen LogP contribution is 2.32. The number of hydrogen-bond acceptors (Lipinski definition) is 3. The lowest BCUT2D eigenvalue weighted by molar-refractivity contribution is -0.133. The number of β-amino-alcohol motifs (C(OH)–C–C–N with tert-alkyl or cyclic N) is 1. The van der Waals surface area contributed by atoms with Gasteiger partial charge in [0.2, 0.25) is 5.91 Å². The summed E-state index contributed by atoms with van der Waals surface area (Å²) >= 11 is 0. The first kappa shape index (κ1) is 16.4. The first-order valence-electron chi connectivity index (χ1n) is 7.85. The van der Waals surface area contributed by atoms with Gasteiger partial charge in [0.15, 0.2) is 0 Å². The van der Waals surface area contributed by atoms with E-state index in [0.29, 0.717) is 12.0 Å².